The van der Waals surface area contributed by atoms with Gasteiger partial charge in [0, 0.05) is 19.1 Å². The van der Waals surface area contributed by atoms with Crippen LogP contribution in [0.1, 0.15) is 35.4 Å². The molecule has 1 atom stereocenters. The maximum absolute atomic E-state index is 12.4. The van der Waals surface area contributed by atoms with Crippen LogP contribution in [0.4, 0.5) is 0 Å². The smallest absolute Gasteiger partial charge is 0.257 e. The maximum Gasteiger partial charge on any atom is 0.257 e. The average Bonchev–Trinajstić information content (AvgIpc) is 3.03. The van der Waals surface area contributed by atoms with Gasteiger partial charge in [0.05, 0.1) is 31.5 Å². The number of likely N-dealkylation sites (tertiary alicyclic amines) is 1. The molecule has 0 N–H and O–H groups in total. The molecule has 5 nitrogen and oxygen atoms in total. The lowest BCUT2D eigenvalue weighted by Gasteiger charge is -2.50. The number of aryl methyl sites for hydroxylation is 1. The molecule has 1 unspecified atom stereocenters. The van der Waals surface area contributed by atoms with Crippen LogP contribution in [0.3, 0.4) is 0 Å². The van der Waals surface area contributed by atoms with Crippen molar-refractivity contribution in [2.24, 2.45) is 11.8 Å². The Kier molecular flexibility index (Phi) is 3.50. The molecule has 3 heterocycles. The molecule has 3 fully saturated rings. The first-order valence-corrected chi connectivity index (χ1v) is 8.23. The fraction of sp³-hybridized carbons (Fsp3) is 0.706. The topological polar surface area (TPSA) is 51.9 Å². The lowest BCUT2D eigenvalue weighted by molar-refractivity contribution is -0.128. The summed E-state index contributed by atoms with van der Waals surface area (Å²) in [7, 11) is 0. The second kappa shape index (κ2) is 5.39. The van der Waals surface area contributed by atoms with E-state index in [1.807, 2.05) is 11.8 Å². The third kappa shape index (κ3) is 2.46. The molecule has 1 spiro atoms. The van der Waals surface area contributed by atoms with E-state index in [1.54, 1.807) is 12.3 Å². The first kappa shape index (κ1) is 14.3. The Bertz CT molecular complexity index is 557. The zero-order valence-corrected chi connectivity index (χ0v) is 13.0. The average molecular weight is 305 g/mol. The summed E-state index contributed by atoms with van der Waals surface area (Å²) in [6.07, 6.45) is 5.24. The summed E-state index contributed by atoms with van der Waals surface area (Å²) in [5.74, 6) is 1.94. The third-order valence-corrected chi connectivity index (χ3v) is 5.26. The van der Waals surface area contributed by atoms with E-state index in [0.29, 0.717) is 30.3 Å². The summed E-state index contributed by atoms with van der Waals surface area (Å²) in [6.45, 7) is 5.61. The highest BCUT2D eigenvalue weighted by atomic mass is 16.5. The van der Waals surface area contributed by atoms with Crippen molar-refractivity contribution >= 4 is 5.91 Å². The number of hydrogen-bond acceptors (Lipinski definition) is 4. The van der Waals surface area contributed by atoms with Gasteiger partial charge < -0.3 is 18.8 Å². The zero-order valence-electron chi connectivity index (χ0n) is 13.0. The molecule has 3 aliphatic rings. The molecular weight excluding hydrogens is 282 g/mol. The summed E-state index contributed by atoms with van der Waals surface area (Å²) >= 11 is 0. The standard InChI is InChI=1S/C17H23NO4/c1-12-15(5-6-21-12)16(19)18-10-17(11-18)14(4-7-22-17)9-20-8-13-2-3-13/h5-6,13-14H,2-4,7-11H2,1H3. The minimum atomic E-state index is -0.170. The SMILES string of the molecule is Cc1occc1C(=O)N1CC2(C1)OCCC2COCC1CC1. The van der Waals surface area contributed by atoms with E-state index in [4.69, 9.17) is 13.9 Å². The van der Waals surface area contributed by atoms with Crippen LogP contribution in [0.15, 0.2) is 16.7 Å². The fourth-order valence-electron chi connectivity index (χ4n) is 3.55. The highest BCUT2D eigenvalue weighted by Crippen LogP contribution is 2.41. The fourth-order valence-corrected chi connectivity index (χ4v) is 3.55. The van der Waals surface area contributed by atoms with Gasteiger partial charge in [0.1, 0.15) is 11.4 Å². The van der Waals surface area contributed by atoms with E-state index in [2.05, 4.69) is 0 Å². The van der Waals surface area contributed by atoms with Crippen LogP contribution in [-0.4, -0.2) is 49.3 Å². The number of furan rings is 1. The Morgan fingerprint density at radius 2 is 2.18 bits per heavy atom. The molecule has 22 heavy (non-hydrogen) atoms. The highest BCUT2D eigenvalue weighted by molar-refractivity contribution is 5.95. The molecule has 1 aromatic rings. The largest absolute Gasteiger partial charge is 0.469 e. The summed E-state index contributed by atoms with van der Waals surface area (Å²) in [5, 5.41) is 0. The monoisotopic (exact) mass is 305 g/mol. The summed E-state index contributed by atoms with van der Waals surface area (Å²) in [6, 6.07) is 1.74. The molecule has 1 aliphatic carbocycles. The van der Waals surface area contributed by atoms with E-state index in [-0.39, 0.29) is 11.5 Å². The van der Waals surface area contributed by atoms with Gasteiger partial charge in [0.25, 0.3) is 5.91 Å². The molecular formula is C17H23NO4. The molecule has 0 aromatic carbocycles. The summed E-state index contributed by atoms with van der Waals surface area (Å²) in [4.78, 5) is 14.3. The second-order valence-corrected chi connectivity index (χ2v) is 6.93. The van der Waals surface area contributed by atoms with Crippen LogP contribution < -0.4 is 0 Å². The summed E-state index contributed by atoms with van der Waals surface area (Å²) < 4.78 is 17.1. The van der Waals surface area contributed by atoms with Crippen molar-refractivity contribution in [2.75, 3.05) is 32.9 Å². The lowest BCUT2D eigenvalue weighted by atomic mass is 9.81. The Morgan fingerprint density at radius 3 is 2.86 bits per heavy atom. The van der Waals surface area contributed by atoms with Crippen molar-refractivity contribution in [1.29, 1.82) is 0 Å². The Morgan fingerprint density at radius 1 is 1.36 bits per heavy atom. The van der Waals surface area contributed by atoms with Crippen molar-refractivity contribution in [1.82, 2.24) is 4.90 Å². The molecule has 5 heteroatoms. The lowest BCUT2D eigenvalue weighted by Crippen LogP contribution is -2.66. The van der Waals surface area contributed by atoms with Crippen LogP contribution in [0.5, 0.6) is 0 Å². The van der Waals surface area contributed by atoms with Crippen LogP contribution in [0.25, 0.3) is 0 Å². The van der Waals surface area contributed by atoms with Gasteiger partial charge in [-0.2, -0.15) is 0 Å². The third-order valence-electron chi connectivity index (χ3n) is 5.26. The molecule has 120 valence electrons. The van der Waals surface area contributed by atoms with E-state index in [9.17, 15) is 4.79 Å². The normalized spacial score (nSPS) is 26.4. The van der Waals surface area contributed by atoms with Crippen molar-refractivity contribution in [3.05, 3.63) is 23.7 Å². The number of carbonyl (C=O) groups excluding carboxylic acids is 1. The number of ether oxygens (including phenoxy) is 2. The van der Waals surface area contributed by atoms with E-state index in [1.165, 1.54) is 12.8 Å². The Hall–Kier alpha value is -1.33. The predicted molar refractivity (Wildman–Crippen MR) is 79.7 cm³/mol. The van der Waals surface area contributed by atoms with Crippen LogP contribution in [-0.2, 0) is 9.47 Å². The minimum Gasteiger partial charge on any atom is -0.469 e. The molecule has 1 aromatic heterocycles. The number of nitrogens with zero attached hydrogens (tertiary/aromatic N) is 1. The van der Waals surface area contributed by atoms with E-state index < -0.39 is 0 Å². The number of amides is 1. The van der Waals surface area contributed by atoms with Crippen LogP contribution in [0.2, 0.25) is 0 Å². The first-order valence-electron chi connectivity index (χ1n) is 8.23. The second-order valence-electron chi connectivity index (χ2n) is 6.93. The minimum absolute atomic E-state index is 0.0463. The molecule has 2 saturated heterocycles. The maximum atomic E-state index is 12.4. The quantitative estimate of drug-likeness (QED) is 0.837. The molecule has 4 rings (SSSR count). The first-order chi connectivity index (χ1) is 10.7. The Balaban J connectivity index is 1.33. The van der Waals surface area contributed by atoms with Gasteiger partial charge in [0.2, 0.25) is 0 Å². The molecule has 1 saturated carbocycles. The van der Waals surface area contributed by atoms with Crippen molar-refractivity contribution in [2.45, 2.75) is 31.8 Å². The van der Waals surface area contributed by atoms with E-state index in [0.717, 1.165) is 32.2 Å². The number of hydrogen-bond donors (Lipinski definition) is 0. The van der Waals surface area contributed by atoms with Gasteiger partial charge in [-0.1, -0.05) is 0 Å². The number of carbonyl (C=O) groups is 1. The van der Waals surface area contributed by atoms with Crippen molar-refractivity contribution < 1.29 is 18.7 Å². The van der Waals surface area contributed by atoms with E-state index >= 15 is 0 Å². The van der Waals surface area contributed by atoms with Crippen molar-refractivity contribution in [3.63, 3.8) is 0 Å². The zero-order chi connectivity index (χ0) is 15.2. The predicted octanol–water partition coefficient (Wildman–Crippen LogP) is 2.25. The van der Waals surface area contributed by atoms with Gasteiger partial charge in [-0.3, -0.25) is 4.79 Å². The number of rotatable bonds is 5. The van der Waals surface area contributed by atoms with Gasteiger partial charge in [0.15, 0.2) is 0 Å². The molecule has 0 bridgehead atoms. The van der Waals surface area contributed by atoms with Gasteiger partial charge in [-0.05, 0) is 38.2 Å². The Labute approximate surface area is 130 Å². The summed E-state index contributed by atoms with van der Waals surface area (Å²) in [5.41, 5.74) is 0.492. The van der Waals surface area contributed by atoms with Crippen LogP contribution in [0, 0.1) is 18.8 Å². The highest BCUT2D eigenvalue weighted by Gasteiger charge is 2.54. The van der Waals surface area contributed by atoms with Gasteiger partial charge >= 0.3 is 0 Å². The van der Waals surface area contributed by atoms with Crippen molar-refractivity contribution in [3.8, 4) is 0 Å². The molecule has 0 radical (unpaired) electrons. The van der Waals surface area contributed by atoms with Gasteiger partial charge in [-0.25, -0.2) is 0 Å². The molecule has 1 amide bonds. The van der Waals surface area contributed by atoms with Crippen LogP contribution >= 0.6 is 0 Å². The van der Waals surface area contributed by atoms with Gasteiger partial charge in [-0.15, -0.1) is 0 Å². The molecule has 2 aliphatic heterocycles.